The molecule has 0 aliphatic heterocycles. The minimum absolute atomic E-state index is 0.460. The molecule has 0 aliphatic rings. The van der Waals surface area contributed by atoms with Gasteiger partial charge in [-0.1, -0.05) is 0 Å². The van der Waals surface area contributed by atoms with E-state index < -0.39 is 11.7 Å². The molecule has 0 unspecified atom stereocenters. The zero-order chi connectivity index (χ0) is 12.6. The number of imidazole rings is 1. The second kappa shape index (κ2) is 4.03. The maximum absolute atomic E-state index is 12.4. The number of nitrogens with one attached hydrogen (secondary N) is 1. The van der Waals surface area contributed by atoms with Crippen molar-refractivity contribution in [3.63, 3.8) is 0 Å². The fraction of sp³-hybridized carbons (Fsp3) is 0.182. The van der Waals surface area contributed by atoms with E-state index in [2.05, 4.69) is 4.98 Å². The van der Waals surface area contributed by atoms with E-state index in [4.69, 9.17) is 12.2 Å². The number of aromatic amines is 1. The Hall–Kier alpha value is -1.56. The van der Waals surface area contributed by atoms with Crippen molar-refractivity contribution in [2.24, 2.45) is 0 Å². The summed E-state index contributed by atoms with van der Waals surface area (Å²) in [5, 5.41) is 0. The molecule has 2 rings (SSSR count). The van der Waals surface area contributed by atoms with Gasteiger partial charge in [-0.2, -0.15) is 13.2 Å². The lowest BCUT2D eigenvalue weighted by Gasteiger charge is -2.07. The van der Waals surface area contributed by atoms with Gasteiger partial charge in [0.2, 0.25) is 0 Å². The van der Waals surface area contributed by atoms with Gasteiger partial charge in [0.25, 0.3) is 0 Å². The highest BCUT2D eigenvalue weighted by atomic mass is 32.1. The molecule has 17 heavy (non-hydrogen) atoms. The van der Waals surface area contributed by atoms with Crippen LogP contribution in [0.15, 0.2) is 30.5 Å². The lowest BCUT2D eigenvalue weighted by molar-refractivity contribution is -0.137. The van der Waals surface area contributed by atoms with Crippen LogP contribution in [-0.4, -0.2) is 9.55 Å². The van der Waals surface area contributed by atoms with Crippen LogP contribution in [0.2, 0.25) is 0 Å². The summed E-state index contributed by atoms with van der Waals surface area (Å²) in [4.78, 5) is 2.91. The fourth-order valence-electron chi connectivity index (χ4n) is 1.52. The predicted molar refractivity (Wildman–Crippen MR) is 60.7 cm³/mol. The quantitative estimate of drug-likeness (QED) is 0.770. The molecule has 2 nitrogen and oxygen atoms in total. The van der Waals surface area contributed by atoms with E-state index in [0.29, 0.717) is 10.5 Å². The van der Waals surface area contributed by atoms with E-state index >= 15 is 0 Å². The third-order valence-corrected chi connectivity index (χ3v) is 2.62. The summed E-state index contributed by atoms with van der Waals surface area (Å²) in [5.74, 6) is 0. The Labute approximate surface area is 101 Å². The largest absolute Gasteiger partial charge is 0.416 e. The van der Waals surface area contributed by atoms with Gasteiger partial charge < -0.3 is 4.98 Å². The van der Waals surface area contributed by atoms with Crippen LogP contribution in [-0.2, 0) is 6.18 Å². The first-order valence-corrected chi connectivity index (χ1v) is 5.24. The van der Waals surface area contributed by atoms with Gasteiger partial charge in [0.05, 0.1) is 5.56 Å². The smallest absolute Gasteiger partial charge is 0.335 e. The minimum Gasteiger partial charge on any atom is -0.335 e. The van der Waals surface area contributed by atoms with E-state index in [1.165, 1.54) is 12.1 Å². The molecule has 0 saturated heterocycles. The van der Waals surface area contributed by atoms with Gasteiger partial charge in [-0.25, -0.2) is 0 Å². The Kier molecular flexibility index (Phi) is 2.82. The molecule has 1 aromatic heterocycles. The van der Waals surface area contributed by atoms with Crippen LogP contribution in [0.3, 0.4) is 0 Å². The monoisotopic (exact) mass is 258 g/mol. The second-order valence-electron chi connectivity index (χ2n) is 3.66. The van der Waals surface area contributed by atoms with E-state index in [1.807, 2.05) is 6.92 Å². The van der Waals surface area contributed by atoms with Crippen LogP contribution in [0.25, 0.3) is 5.69 Å². The number of nitrogens with zero attached hydrogens (tertiary/aromatic N) is 1. The summed E-state index contributed by atoms with van der Waals surface area (Å²) in [6, 6.07) is 4.87. The molecular formula is C11H9F3N2S. The van der Waals surface area contributed by atoms with Crippen molar-refractivity contribution in [1.82, 2.24) is 9.55 Å². The van der Waals surface area contributed by atoms with Crippen molar-refractivity contribution < 1.29 is 13.2 Å². The second-order valence-corrected chi connectivity index (χ2v) is 4.04. The first kappa shape index (κ1) is 11.9. The minimum atomic E-state index is -4.31. The standard InChI is InChI=1S/C11H9F3N2S/c1-7-6-16(10(17)15-7)9-4-2-8(3-5-9)11(12,13)14/h2-6H,1H3,(H,15,17). The van der Waals surface area contributed by atoms with Gasteiger partial charge in [-0.05, 0) is 43.4 Å². The lowest BCUT2D eigenvalue weighted by Crippen LogP contribution is -2.04. The molecule has 0 spiro atoms. The Bertz CT molecular complexity index is 578. The highest BCUT2D eigenvalue weighted by Crippen LogP contribution is 2.29. The van der Waals surface area contributed by atoms with Crippen LogP contribution >= 0.6 is 12.2 Å². The maximum atomic E-state index is 12.4. The number of hydrogen-bond acceptors (Lipinski definition) is 1. The van der Waals surface area contributed by atoms with Crippen LogP contribution < -0.4 is 0 Å². The van der Waals surface area contributed by atoms with Crippen LogP contribution in [0.4, 0.5) is 13.2 Å². The molecule has 2 aromatic rings. The summed E-state index contributed by atoms with van der Waals surface area (Å²) in [6.45, 7) is 1.83. The number of rotatable bonds is 1. The maximum Gasteiger partial charge on any atom is 0.416 e. The summed E-state index contributed by atoms with van der Waals surface area (Å²) in [5.41, 5.74) is 0.794. The Balaban J connectivity index is 2.43. The zero-order valence-corrected chi connectivity index (χ0v) is 9.69. The Morgan fingerprint density at radius 3 is 2.18 bits per heavy atom. The molecule has 1 N–H and O–H groups in total. The van der Waals surface area contributed by atoms with Gasteiger partial charge in [0.1, 0.15) is 0 Å². The molecule has 0 fully saturated rings. The van der Waals surface area contributed by atoms with Crippen LogP contribution in [0.5, 0.6) is 0 Å². The first-order chi connectivity index (χ1) is 7.88. The summed E-state index contributed by atoms with van der Waals surface area (Å²) >= 11 is 5.05. The van der Waals surface area contributed by atoms with Crippen molar-refractivity contribution in [2.75, 3.05) is 0 Å². The predicted octanol–water partition coefficient (Wildman–Crippen LogP) is 3.86. The average molecular weight is 258 g/mol. The Morgan fingerprint density at radius 2 is 1.76 bits per heavy atom. The first-order valence-electron chi connectivity index (χ1n) is 4.84. The van der Waals surface area contributed by atoms with Crippen molar-refractivity contribution >= 4 is 12.2 Å². The third kappa shape index (κ3) is 2.41. The lowest BCUT2D eigenvalue weighted by atomic mass is 10.2. The SMILES string of the molecule is Cc1cn(-c2ccc(C(F)(F)F)cc2)c(=S)[nH]1. The summed E-state index contributed by atoms with van der Waals surface area (Å²) < 4.78 is 39.2. The van der Waals surface area contributed by atoms with Gasteiger partial charge in [0.15, 0.2) is 4.77 Å². The van der Waals surface area contributed by atoms with E-state index in [1.54, 1.807) is 10.8 Å². The van der Waals surface area contributed by atoms with Gasteiger partial charge >= 0.3 is 6.18 Å². The highest BCUT2D eigenvalue weighted by Gasteiger charge is 2.29. The van der Waals surface area contributed by atoms with Gasteiger partial charge in [-0.15, -0.1) is 0 Å². The molecule has 0 aliphatic carbocycles. The molecule has 0 bridgehead atoms. The van der Waals surface area contributed by atoms with Crippen molar-refractivity contribution in [1.29, 1.82) is 0 Å². The summed E-state index contributed by atoms with van der Waals surface area (Å²) in [6.07, 6.45) is -2.57. The molecule has 6 heteroatoms. The van der Waals surface area contributed by atoms with Crippen molar-refractivity contribution in [3.8, 4) is 5.69 Å². The van der Waals surface area contributed by atoms with Crippen molar-refractivity contribution in [3.05, 3.63) is 46.5 Å². The molecule has 1 aromatic carbocycles. The third-order valence-electron chi connectivity index (χ3n) is 2.32. The van der Waals surface area contributed by atoms with Gasteiger partial charge in [0, 0.05) is 17.6 Å². The number of H-pyrrole nitrogens is 1. The number of aromatic nitrogens is 2. The fourth-order valence-corrected chi connectivity index (χ4v) is 1.84. The van der Waals surface area contributed by atoms with E-state index in [0.717, 1.165) is 17.8 Å². The molecule has 0 saturated carbocycles. The van der Waals surface area contributed by atoms with E-state index in [9.17, 15) is 13.2 Å². The molecule has 1 heterocycles. The van der Waals surface area contributed by atoms with Crippen molar-refractivity contribution in [2.45, 2.75) is 13.1 Å². The Morgan fingerprint density at radius 1 is 1.18 bits per heavy atom. The van der Waals surface area contributed by atoms with Crippen LogP contribution in [0.1, 0.15) is 11.3 Å². The molecule has 0 amide bonds. The molecular weight excluding hydrogens is 249 g/mol. The molecule has 0 atom stereocenters. The number of aryl methyl sites for hydroxylation is 1. The highest BCUT2D eigenvalue weighted by molar-refractivity contribution is 7.71. The number of halogens is 3. The van der Waals surface area contributed by atoms with Crippen LogP contribution in [0, 0.1) is 11.7 Å². The topological polar surface area (TPSA) is 20.7 Å². The number of benzene rings is 1. The summed E-state index contributed by atoms with van der Waals surface area (Å²) in [7, 11) is 0. The zero-order valence-electron chi connectivity index (χ0n) is 8.88. The van der Waals surface area contributed by atoms with E-state index in [-0.39, 0.29) is 0 Å². The normalized spacial score (nSPS) is 11.8. The number of alkyl halides is 3. The molecule has 90 valence electrons. The average Bonchev–Trinajstić information content (AvgIpc) is 2.57. The molecule has 0 radical (unpaired) electrons. The van der Waals surface area contributed by atoms with Gasteiger partial charge in [-0.3, -0.25) is 4.57 Å². The number of hydrogen-bond donors (Lipinski definition) is 1.